The van der Waals surface area contributed by atoms with Crippen LogP contribution in [0.3, 0.4) is 0 Å². The van der Waals surface area contributed by atoms with Crippen molar-refractivity contribution in [2.45, 2.75) is 51.6 Å². The summed E-state index contributed by atoms with van der Waals surface area (Å²) in [5, 5.41) is 8.96. The lowest BCUT2D eigenvalue weighted by Crippen LogP contribution is -2.36. The SMILES string of the molecule is CCCCOc1ccc(CN2CCCC(N(C)CC(=O)O)CC2)cc1. The Kier molecular flexibility index (Phi) is 8.22. The molecule has 5 heteroatoms. The van der Waals surface area contributed by atoms with Crippen LogP contribution >= 0.6 is 0 Å². The highest BCUT2D eigenvalue weighted by Gasteiger charge is 2.21. The summed E-state index contributed by atoms with van der Waals surface area (Å²) in [6.45, 7) is 6.12. The van der Waals surface area contributed by atoms with Gasteiger partial charge < -0.3 is 9.84 Å². The van der Waals surface area contributed by atoms with Crippen molar-refractivity contribution in [3.8, 4) is 5.75 Å². The maximum absolute atomic E-state index is 10.9. The molecule has 5 nitrogen and oxygen atoms in total. The number of carboxylic acids is 1. The van der Waals surface area contributed by atoms with E-state index in [1.807, 2.05) is 11.9 Å². The molecular formula is C20H32N2O3. The second kappa shape index (κ2) is 10.4. The molecule has 140 valence electrons. The maximum Gasteiger partial charge on any atom is 0.317 e. The Morgan fingerprint density at radius 2 is 2.04 bits per heavy atom. The minimum absolute atomic E-state index is 0.129. The zero-order chi connectivity index (χ0) is 18.1. The van der Waals surface area contributed by atoms with Crippen molar-refractivity contribution in [1.82, 2.24) is 9.80 Å². The first-order chi connectivity index (χ1) is 12.1. The molecule has 0 radical (unpaired) electrons. The third-order valence-corrected chi connectivity index (χ3v) is 4.89. The Hall–Kier alpha value is -1.59. The Morgan fingerprint density at radius 1 is 1.28 bits per heavy atom. The summed E-state index contributed by atoms with van der Waals surface area (Å²) >= 11 is 0. The molecule has 2 rings (SSSR count). The van der Waals surface area contributed by atoms with Gasteiger partial charge in [0.25, 0.3) is 0 Å². The first kappa shape index (κ1) is 19.7. The van der Waals surface area contributed by atoms with Crippen LogP contribution in [-0.4, -0.2) is 60.2 Å². The molecule has 0 saturated carbocycles. The van der Waals surface area contributed by atoms with E-state index in [1.54, 1.807) is 0 Å². The number of rotatable bonds is 9. The van der Waals surface area contributed by atoms with E-state index >= 15 is 0 Å². The zero-order valence-electron chi connectivity index (χ0n) is 15.6. The summed E-state index contributed by atoms with van der Waals surface area (Å²) in [5.41, 5.74) is 1.31. The van der Waals surface area contributed by atoms with Crippen molar-refractivity contribution >= 4 is 5.97 Å². The monoisotopic (exact) mass is 348 g/mol. The van der Waals surface area contributed by atoms with Crippen LogP contribution < -0.4 is 4.74 Å². The van der Waals surface area contributed by atoms with Crippen molar-refractivity contribution in [2.75, 3.05) is 33.3 Å². The Labute approximate surface area is 151 Å². The number of nitrogens with zero attached hydrogens (tertiary/aromatic N) is 2. The van der Waals surface area contributed by atoms with Gasteiger partial charge in [-0.2, -0.15) is 0 Å². The van der Waals surface area contributed by atoms with Crippen LogP contribution in [0, 0.1) is 0 Å². The highest BCUT2D eigenvalue weighted by atomic mass is 16.5. The van der Waals surface area contributed by atoms with Gasteiger partial charge in [0.2, 0.25) is 0 Å². The minimum Gasteiger partial charge on any atom is -0.494 e. The molecule has 1 aliphatic heterocycles. The van der Waals surface area contributed by atoms with E-state index in [9.17, 15) is 4.79 Å². The smallest absolute Gasteiger partial charge is 0.317 e. The van der Waals surface area contributed by atoms with Crippen LogP contribution in [-0.2, 0) is 11.3 Å². The largest absolute Gasteiger partial charge is 0.494 e. The fraction of sp³-hybridized carbons (Fsp3) is 0.650. The number of hydrogen-bond acceptors (Lipinski definition) is 4. The molecule has 1 fully saturated rings. The van der Waals surface area contributed by atoms with Crippen LogP contribution in [0.25, 0.3) is 0 Å². The van der Waals surface area contributed by atoms with Gasteiger partial charge in [0, 0.05) is 12.6 Å². The molecule has 0 aromatic heterocycles. The minimum atomic E-state index is -0.746. The summed E-state index contributed by atoms with van der Waals surface area (Å²) in [6.07, 6.45) is 5.46. The molecule has 0 spiro atoms. The summed E-state index contributed by atoms with van der Waals surface area (Å²) in [6, 6.07) is 8.80. The Balaban J connectivity index is 1.80. The molecule has 1 heterocycles. The fourth-order valence-corrected chi connectivity index (χ4v) is 3.36. The van der Waals surface area contributed by atoms with Crippen molar-refractivity contribution in [2.24, 2.45) is 0 Å². The summed E-state index contributed by atoms with van der Waals surface area (Å²) in [7, 11) is 1.92. The summed E-state index contributed by atoms with van der Waals surface area (Å²) in [4.78, 5) is 15.3. The van der Waals surface area contributed by atoms with Gasteiger partial charge >= 0.3 is 5.97 Å². The number of aliphatic carboxylic acids is 1. The van der Waals surface area contributed by atoms with Crippen molar-refractivity contribution < 1.29 is 14.6 Å². The van der Waals surface area contributed by atoms with Crippen LogP contribution in [0.4, 0.5) is 0 Å². The van der Waals surface area contributed by atoms with Crippen LogP contribution in [0.15, 0.2) is 24.3 Å². The molecular weight excluding hydrogens is 316 g/mol. The molecule has 0 aliphatic carbocycles. The lowest BCUT2D eigenvalue weighted by Gasteiger charge is -2.25. The lowest BCUT2D eigenvalue weighted by atomic mass is 10.1. The quantitative estimate of drug-likeness (QED) is 0.694. The highest BCUT2D eigenvalue weighted by molar-refractivity contribution is 5.69. The molecule has 1 aromatic carbocycles. The first-order valence-corrected chi connectivity index (χ1v) is 9.44. The average molecular weight is 348 g/mol. The number of unbranched alkanes of at least 4 members (excludes halogenated alkanes) is 1. The molecule has 0 amide bonds. The number of ether oxygens (including phenoxy) is 1. The van der Waals surface area contributed by atoms with Crippen molar-refractivity contribution in [1.29, 1.82) is 0 Å². The molecule has 1 aromatic rings. The maximum atomic E-state index is 10.9. The average Bonchev–Trinajstić information content (AvgIpc) is 2.82. The number of benzene rings is 1. The van der Waals surface area contributed by atoms with Gasteiger partial charge in [-0.05, 0) is 63.5 Å². The van der Waals surface area contributed by atoms with E-state index in [4.69, 9.17) is 9.84 Å². The number of hydrogen-bond donors (Lipinski definition) is 1. The highest BCUT2D eigenvalue weighted by Crippen LogP contribution is 2.19. The van der Waals surface area contributed by atoms with Crippen molar-refractivity contribution in [3.05, 3.63) is 29.8 Å². The van der Waals surface area contributed by atoms with Crippen LogP contribution in [0.2, 0.25) is 0 Å². The van der Waals surface area contributed by atoms with Gasteiger partial charge in [0.15, 0.2) is 0 Å². The summed E-state index contributed by atoms with van der Waals surface area (Å²) < 4.78 is 5.72. The third kappa shape index (κ3) is 7.04. The first-order valence-electron chi connectivity index (χ1n) is 9.44. The van der Waals surface area contributed by atoms with Gasteiger partial charge in [-0.1, -0.05) is 25.5 Å². The third-order valence-electron chi connectivity index (χ3n) is 4.89. The number of likely N-dealkylation sites (tertiary alicyclic amines) is 1. The van der Waals surface area contributed by atoms with E-state index in [-0.39, 0.29) is 6.54 Å². The number of carbonyl (C=O) groups is 1. The van der Waals surface area contributed by atoms with Crippen LogP contribution in [0.1, 0.15) is 44.6 Å². The second-order valence-corrected chi connectivity index (χ2v) is 7.02. The van der Waals surface area contributed by atoms with Gasteiger partial charge in [-0.15, -0.1) is 0 Å². The van der Waals surface area contributed by atoms with E-state index in [1.165, 1.54) is 5.56 Å². The Bertz CT molecular complexity index is 518. The molecule has 0 bridgehead atoms. The van der Waals surface area contributed by atoms with Gasteiger partial charge in [0.05, 0.1) is 13.2 Å². The van der Waals surface area contributed by atoms with Crippen LogP contribution in [0.5, 0.6) is 5.75 Å². The Morgan fingerprint density at radius 3 is 2.72 bits per heavy atom. The van der Waals surface area contributed by atoms with E-state index in [0.717, 1.165) is 64.1 Å². The number of likely N-dealkylation sites (N-methyl/N-ethyl adjacent to an activating group) is 1. The molecule has 1 unspecified atom stereocenters. The second-order valence-electron chi connectivity index (χ2n) is 7.02. The fourth-order valence-electron chi connectivity index (χ4n) is 3.36. The molecule has 1 atom stereocenters. The molecule has 1 N–H and O–H groups in total. The predicted octanol–water partition coefficient (Wildman–Crippen LogP) is 3.24. The molecule has 25 heavy (non-hydrogen) atoms. The standard InChI is InChI=1S/C20H32N2O3/c1-3-4-14-25-19-9-7-17(8-10-19)15-22-12-5-6-18(11-13-22)21(2)16-20(23)24/h7-10,18H,3-6,11-16H2,1-2H3,(H,23,24). The lowest BCUT2D eigenvalue weighted by molar-refractivity contribution is -0.138. The number of carboxylic acid groups (broad SMARTS) is 1. The summed E-state index contributed by atoms with van der Waals surface area (Å²) in [5.74, 6) is 0.202. The van der Waals surface area contributed by atoms with E-state index in [2.05, 4.69) is 36.1 Å². The van der Waals surface area contributed by atoms with Crippen molar-refractivity contribution in [3.63, 3.8) is 0 Å². The van der Waals surface area contributed by atoms with Gasteiger partial charge in [-0.3, -0.25) is 14.6 Å². The topological polar surface area (TPSA) is 53.0 Å². The molecule has 1 aliphatic rings. The van der Waals surface area contributed by atoms with E-state index < -0.39 is 5.97 Å². The van der Waals surface area contributed by atoms with Gasteiger partial charge in [0.1, 0.15) is 5.75 Å². The normalized spacial score (nSPS) is 18.9. The van der Waals surface area contributed by atoms with Gasteiger partial charge in [-0.25, -0.2) is 0 Å². The predicted molar refractivity (Wildman–Crippen MR) is 100 cm³/mol. The zero-order valence-corrected chi connectivity index (χ0v) is 15.6. The molecule has 1 saturated heterocycles. The van der Waals surface area contributed by atoms with E-state index in [0.29, 0.717) is 6.04 Å².